The molecule has 0 aliphatic heterocycles. The van der Waals surface area contributed by atoms with Crippen molar-refractivity contribution >= 4 is 21.8 Å². The summed E-state index contributed by atoms with van der Waals surface area (Å²) in [6.45, 7) is 2.68. The molecule has 2 rings (SSSR count). The molecule has 0 saturated carbocycles. The molecule has 0 atom stereocenters. The van der Waals surface area contributed by atoms with Crippen LogP contribution in [0, 0.1) is 0 Å². The molecule has 11 nitrogen and oxygen atoms in total. The van der Waals surface area contributed by atoms with E-state index in [1.807, 2.05) is 6.92 Å². The van der Waals surface area contributed by atoms with E-state index in [4.69, 9.17) is 18.9 Å². The Kier molecular flexibility index (Phi) is 10.1. The van der Waals surface area contributed by atoms with Crippen molar-refractivity contribution in [1.29, 1.82) is 0 Å². The van der Waals surface area contributed by atoms with E-state index in [1.165, 1.54) is 45.6 Å². The molecule has 2 aromatic rings. The Hall–Kier alpha value is -3.35. The van der Waals surface area contributed by atoms with Crippen molar-refractivity contribution in [3.63, 3.8) is 0 Å². The number of carbonyl (C=O) groups is 2. The second-order valence-electron chi connectivity index (χ2n) is 6.88. The number of sulfonamides is 1. The standard InChI is InChI=1S/C22H29N3O8S/c1-5-11-33-17-8-6-15(13-19(17)32-4)21(26)24-25-22(27)16-7-9-18(31-3)20(14-16)34(28,29)23-10-12-30-2/h6-9,13-14,23H,5,10-12H2,1-4H3,(H,24,26)(H,25,27). The van der Waals surface area contributed by atoms with Crippen molar-refractivity contribution in [2.45, 2.75) is 18.2 Å². The first-order chi connectivity index (χ1) is 16.3. The fourth-order valence-corrected chi connectivity index (χ4v) is 3.99. The van der Waals surface area contributed by atoms with Gasteiger partial charge in [0.05, 0.1) is 27.4 Å². The molecule has 0 heterocycles. The molecule has 12 heteroatoms. The number of benzene rings is 2. The van der Waals surface area contributed by atoms with Gasteiger partial charge in [-0.2, -0.15) is 0 Å². The smallest absolute Gasteiger partial charge is 0.269 e. The summed E-state index contributed by atoms with van der Waals surface area (Å²) in [7, 11) is 0.242. The van der Waals surface area contributed by atoms with Gasteiger partial charge >= 0.3 is 0 Å². The van der Waals surface area contributed by atoms with Gasteiger partial charge in [0.1, 0.15) is 10.6 Å². The van der Waals surface area contributed by atoms with Gasteiger partial charge in [0.2, 0.25) is 10.0 Å². The lowest BCUT2D eigenvalue weighted by Gasteiger charge is -2.13. The maximum Gasteiger partial charge on any atom is 0.269 e. The van der Waals surface area contributed by atoms with Crippen LogP contribution in [0.1, 0.15) is 34.1 Å². The summed E-state index contributed by atoms with van der Waals surface area (Å²) in [6.07, 6.45) is 0.815. The highest BCUT2D eigenvalue weighted by molar-refractivity contribution is 7.89. The highest BCUT2D eigenvalue weighted by atomic mass is 32.2. The van der Waals surface area contributed by atoms with Gasteiger partial charge in [0.25, 0.3) is 11.8 Å². The molecule has 2 amide bonds. The van der Waals surface area contributed by atoms with Gasteiger partial charge < -0.3 is 18.9 Å². The highest BCUT2D eigenvalue weighted by Crippen LogP contribution is 2.28. The summed E-state index contributed by atoms with van der Waals surface area (Å²) in [5, 5.41) is 0. The van der Waals surface area contributed by atoms with E-state index in [-0.39, 0.29) is 34.9 Å². The minimum absolute atomic E-state index is 0.00545. The van der Waals surface area contributed by atoms with E-state index in [0.29, 0.717) is 18.1 Å². The molecule has 0 spiro atoms. The van der Waals surface area contributed by atoms with Crippen molar-refractivity contribution in [1.82, 2.24) is 15.6 Å². The SMILES string of the molecule is CCCOc1ccc(C(=O)NNC(=O)c2ccc(OC)c(S(=O)(=O)NCCOC)c2)cc1OC. The Balaban J connectivity index is 2.13. The number of hydrazine groups is 1. The molecule has 186 valence electrons. The van der Waals surface area contributed by atoms with Crippen LogP contribution in [0.25, 0.3) is 0 Å². The van der Waals surface area contributed by atoms with Gasteiger partial charge in [-0.05, 0) is 42.8 Å². The van der Waals surface area contributed by atoms with Crippen LogP contribution < -0.4 is 29.8 Å². The molecule has 0 aliphatic carbocycles. The van der Waals surface area contributed by atoms with E-state index in [9.17, 15) is 18.0 Å². The van der Waals surface area contributed by atoms with E-state index < -0.39 is 21.8 Å². The predicted octanol–water partition coefficient (Wildman–Crippen LogP) is 1.49. The summed E-state index contributed by atoms with van der Waals surface area (Å²) in [6, 6.07) is 8.48. The lowest BCUT2D eigenvalue weighted by atomic mass is 10.2. The van der Waals surface area contributed by atoms with Gasteiger partial charge in [-0.1, -0.05) is 6.92 Å². The lowest BCUT2D eigenvalue weighted by Crippen LogP contribution is -2.41. The third-order valence-electron chi connectivity index (χ3n) is 4.49. The fraction of sp³-hybridized carbons (Fsp3) is 0.364. The summed E-state index contributed by atoms with van der Waals surface area (Å²) in [4.78, 5) is 24.8. The number of amides is 2. The summed E-state index contributed by atoms with van der Waals surface area (Å²) in [5.74, 6) is -0.395. The molecular weight excluding hydrogens is 466 g/mol. The van der Waals surface area contributed by atoms with Gasteiger partial charge in [-0.15, -0.1) is 0 Å². The number of nitrogens with one attached hydrogen (secondary N) is 3. The minimum Gasteiger partial charge on any atom is -0.495 e. The van der Waals surface area contributed by atoms with Crippen LogP contribution in [0.15, 0.2) is 41.3 Å². The normalized spacial score (nSPS) is 10.9. The molecule has 0 fully saturated rings. The summed E-state index contributed by atoms with van der Waals surface area (Å²) < 4.78 is 48.3. The molecule has 2 aromatic carbocycles. The first kappa shape index (κ1) is 26.9. The van der Waals surface area contributed by atoms with Crippen LogP contribution in [-0.4, -0.2) is 61.3 Å². The molecule has 0 radical (unpaired) electrons. The van der Waals surface area contributed by atoms with Gasteiger partial charge in [0, 0.05) is 24.8 Å². The Labute approximate surface area is 198 Å². The number of methoxy groups -OCH3 is 3. The molecule has 0 unspecified atom stereocenters. The number of carbonyl (C=O) groups excluding carboxylic acids is 2. The molecule has 3 N–H and O–H groups in total. The first-order valence-corrected chi connectivity index (χ1v) is 11.8. The highest BCUT2D eigenvalue weighted by Gasteiger charge is 2.22. The maximum atomic E-state index is 12.6. The number of hydrogen-bond acceptors (Lipinski definition) is 8. The third kappa shape index (κ3) is 7.07. The van der Waals surface area contributed by atoms with Crippen molar-refractivity contribution in [2.24, 2.45) is 0 Å². The fourth-order valence-electron chi connectivity index (χ4n) is 2.78. The van der Waals surface area contributed by atoms with Gasteiger partial charge in [-0.25, -0.2) is 13.1 Å². The van der Waals surface area contributed by atoms with Crippen molar-refractivity contribution in [3.05, 3.63) is 47.5 Å². The van der Waals surface area contributed by atoms with Crippen LogP contribution >= 0.6 is 0 Å². The van der Waals surface area contributed by atoms with Crippen LogP contribution in [0.3, 0.4) is 0 Å². The monoisotopic (exact) mass is 495 g/mol. The van der Waals surface area contributed by atoms with E-state index >= 15 is 0 Å². The second kappa shape index (κ2) is 12.8. The van der Waals surface area contributed by atoms with Gasteiger partial charge in [-0.3, -0.25) is 20.4 Å². The van der Waals surface area contributed by atoms with Crippen LogP contribution in [0.4, 0.5) is 0 Å². The topological polar surface area (TPSA) is 141 Å². The first-order valence-electron chi connectivity index (χ1n) is 10.4. The van der Waals surface area contributed by atoms with Crippen molar-refractivity contribution < 1.29 is 37.0 Å². The Morgan fingerprint density at radius 2 is 1.41 bits per heavy atom. The Morgan fingerprint density at radius 1 is 0.824 bits per heavy atom. The zero-order chi connectivity index (χ0) is 25.1. The molecule has 0 bridgehead atoms. The Morgan fingerprint density at radius 3 is 1.97 bits per heavy atom. The number of rotatable bonds is 12. The van der Waals surface area contributed by atoms with Crippen LogP contribution in [0.2, 0.25) is 0 Å². The van der Waals surface area contributed by atoms with E-state index in [0.717, 1.165) is 12.5 Å². The minimum atomic E-state index is -3.97. The Bertz CT molecular complexity index is 1110. The third-order valence-corrected chi connectivity index (χ3v) is 5.97. The zero-order valence-electron chi connectivity index (χ0n) is 19.5. The molecule has 0 saturated heterocycles. The van der Waals surface area contributed by atoms with E-state index in [2.05, 4.69) is 15.6 Å². The van der Waals surface area contributed by atoms with Crippen molar-refractivity contribution in [2.75, 3.05) is 41.1 Å². The summed E-state index contributed by atoms with van der Waals surface area (Å²) >= 11 is 0. The average Bonchev–Trinajstić information content (AvgIpc) is 2.85. The molecule has 34 heavy (non-hydrogen) atoms. The van der Waals surface area contributed by atoms with Gasteiger partial charge in [0.15, 0.2) is 11.5 Å². The second-order valence-corrected chi connectivity index (χ2v) is 8.61. The van der Waals surface area contributed by atoms with Crippen LogP contribution in [0.5, 0.6) is 17.2 Å². The van der Waals surface area contributed by atoms with E-state index in [1.54, 1.807) is 6.07 Å². The molecule has 0 aromatic heterocycles. The van der Waals surface area contributed by atoms with Crippen LogP contribution in [-0.2, 0) is 14.8 Å². The predicted molar refractivity (Wildman–Crippen MR) is 124 cm³/mol. The lowest BCUT2D eigenvalue weighted by molar-refractivity contribution is 0.0846. The molecular formula is C22H29N3O8S. The average molecular weight is 496 g/mol. The zero-order valence-corrected chi connectivity index (χ0v) is 20.3. The maximum absolute atomic E-state index is 12.6. The van der Waals surface area contributed by atoms with Crippen molar-refractivity contribution in [3.8, 4) is 17.2 Å². The largest absolute Gasteiger partial charge is 0.495 e. The summed E-state index contributed by atoms with van der Waals surface area (Å²) in [5.41, 5.74) is 4.78. The quantitative estimate of drug-likeness (QED) is 0.297. The molecule has 0 aliphatic rings. The number of ether oxygens (including phenoxy) is 4. The number of hydrogen-bond donors (Lipinski definition) is 3.